The van der Waals surface area contributed by atoms with E-state index in [1.807, 2.05) is 24.3 Å². The average Bonchev–Trinajstić information content (AvgIpc) is 2.50. The van der Waals surface area contributed by atoms with E-state index in [9.17, 15) is 0 Å². The normalized spacial score (nSPS) is 12.5. The van der Waals surface area contributed by atoms with Gasteiger partial charge in [0.15, 0.2) is 0 Å². The molecule has 0 aliphatic rings. The number of benzene rings is 1. The molecule has 1 atom stereocenters. The van der Waals surface area contributed by atoms with Crippen LogP contribution in [0.25, 0.3) is 0 Å². The van der Waals surface area contributed by atoms with Gasteiger partial charge in [-0.05, 0) is 19.0 Å². The van der Waals surface area contributed by atoms with Crippen molar-refractivity contribution >= 4 is 11.6 Å². The Hall–Kier alpha value is -0.650. The Morgan fingerprint density at radius 3 is 2.67 bits per heavy atom. The van der Waals surface area contributed by atoms with Crippen molar-refractivity contribution in [2.24, 2.45) is 0 Å². The van der Waals surface area contributed by atoms with Crippen LogP contribution in [0.4, 0.5) is 0 Å². The summed E-state index contributed by atoms with van der Waals surface area (Å²) in [6.07, 6.45) is 0.850. The second-order valence-corrected chi connectivity index (χ2v) is 5.05. The first kappa shape index (κ1) is 18.4. The molecule has 0 aliphatic carbocycles. The lowest BCUT2D eigenvalue weighted by molar-refractivity contribution is 0.000976. The number of likely N-dealkylation sites (N-methyl/N-ethyl adjacent to an activating group) is 1. The molecule has 0 amide bonds. The van der Waals surface area contributed by atoms with Crippen LogP contribution in [0.2, 0.25) is 5.02 Å². The van der Waals surface area contributed by atoms with Crippen molar-refractivity contribution < 1.29 is 14.2 Å². The number of halogens is 1. The number of rotatable bonds is 12. The van der Waals surface area contributed by atoms with Gasteiger partial charge in [-0.2, -0.15) is 0 Å². The van der Waals surface area contributed by atoms with Gasteiger partial charge in [-0.25, -0.2) is 0 Å². The summed E-state index contributed by atoms with van der Waals surface area (Å²) >= 11 is 6.24. The number of hydrogen-bond donors (Lipinski definition) is 1. The Morgan fingerprint density at radius 2 is 1.95 bits per heavy atom. The summed E-state index contributed by atoms with van der Waals surface area (Å²) < 4.78 is 16.4. The maximum absolute atomic E-state index is 6.24. The molecule has 4 nitrogen and oxygen atoms in total. The van der Waals surface area contributed by atoms with Crippen LogP contribution in [0.3, 0.4) is 0 Å². The first-order chi connectivity index (χ1) is 10.3. The predicted octanol–water partition coefficient (Wildman–Crippen LogP) is 3.06. The van der Waals surface area contributed by atoms with Gasteiger partial charge in [0.1, 0.15) is 0 Å². The maximum Gasteiger partial charge on any atom is 0.0964 e. The third kappa shape index (κ3) is 7.79. The minimum atomic E-state index is -0.0544. The van der Waals surface area contributed by atoms with Crippen LogP contribution in [0, 0.1) is 0 Å². The van der Waals surface area contributed by atoms with Crippen LogP contribution in [0.1, 0.15) is 25.0 Å². The summed E-state index contributed by atoms with van der Waals surface area (Å²) in [5.74, 6) is 0. The molecular formula is C16H26ClNO3. The van der Waals surface area contributed by atoms with Gasteiger partial charge in [0.05, 0.1) is 19.3 Å². The predicted molar refractivity (Wildman–Crippen MR) is 86.0 cm³/mol. The van der Waals surface area contributed by atoms with Gasteiger partial charge in [0.2, 0.25) is 0 Å². The summed E-state index contributed by atoms with van der Waals surface area (Å²) in [5.41, 5.74) is 1.01. The zero-order valence-corrected chi connectivity index (χ0v) is 13.7. The van der Waals surface area contributed by atoms with Crippen molar-refractivity contribution in [3.05, 3.63) is 34.9 Å². The molecule has 21 heavy (non-hydrogen) atoms. The first-order valence-corrected chi connectivity index (χ1v) is 7.80. The topological polar surface area (TPSA) is 39.7 Å². The Balaban J connectivity index is 2.35. The van der Waals surface area contributed by atoms with Crippen molar-refractivity contribution in [2.75, 3.05) is 46.6 Å². The Bertz CT molecular complexity index is 376. The molecule has 1 N–H and O–H groups in total. The number of nitrogens with one attached hydrogen (secondary N) is 1. The molecule has 0 radical (unpaired) electrons. The van der Waals surface area contributed by atoms with Gasteiger partial charge in [-0.3, -0.25) is 0 Å². The summed E-state index contributed by atoms with van der Waals surface area (Å²) in [5, 5.41) is 4.04. The van der Waals surface area contributed by atoms with Crippen LogP contribution in [-0.4, -0.2) is 46.6 Å². The molecule has 0 fully saturated rings. The van der Waals surface area contributed by atoms with E-state index in [0.717, 1.165) is 36.7 Å². The highest BCUT2D eigenvalue weighted by Crippen LogP contribution is 2.24. The smallest absolute Gasteiger partial charge is 0.0964 e. The fraction of sp³-hybridized carbons (Fsp3) is 0.625. The molecule has 120 valence electrons. The highest BCUT2D eigenvalue weighted by atomic mass is 35.5. The lowest BCUT2D eigenvalue weighted by atomic mass is 10.1. The fourth-order valence-electron chi connectivity index (χ4n) is 1.93. The summed E-state index contributed by atoms with van der Waals surface area (Å²) in [6, 6.07) is 7.80. The molecule has 1 aromatic carbocycles. The SMILES string of the molecule is CCNCC(OCCOCCCOC)c1ccccc1Cl. The van der Waals surface area contributed by atoms with E-state index < -0.39 is 0 Å². The molecule has 0 aromatic heterocycles. The fourth-order valence-corrected chi connectivity index (χ4v) is 2.18. The van der Waals surface area contributed by atoms with Crippen LogP contribution in [-0.2, 0) is 14.2 Å². The molecule has 1 rings (SSSR count). The van der Waals surface area contributed by atoms with Crippen molar-refractivity contribution in [2.45, 2.75) is 19.4 Å². The third-order valence-corrected chi connectivity index (χ3v) is 3.36. The highest BCUT2D eigenvalue weighted by molar-refractivity contribution is 6.31. The maximum atomic E-state index is 6.24. The van der Waals surface area contributed by atoms with E-state index in [1.165, 1.54) is 0 Å². The van der Waals surface area contributed by atoms with E-state index >= 15 is 0 Å². The van der Waals surface area contributed by atoms with Crippen molar-refractivity contribution in [1.29, 1.82) is 0 Å². The molecule has 5 heteroatoms. The second kappa shape index (κ2) is 12.0. The number of hydrogen-bond acceptors (Lipinski definition) is 4. The minimum Gasteiger partial charge on any atom is -0.385 e. The summed E-state index contributed by atoms with van der Waals surface area (Å²) in [6.45, 7) is 6.26. The molecule has 0 aliphatic heterocycles. The average molecular weight is 316 g/mol. The van der Waals surface area contributed by atoms with Crippen molar-refractivity contribution in [1.82, 2.24) is 5.32 Å². The zero-order valence-electron chi connectivity index (χ0n) is 12.9. The summed E-state index contributed by atoms with van der Waals surface area (Å²) in [7, 11) is 1.69. The minimum absolute atomic E-state index is 0.0544. The first-order valence-electron chi connectivity index (χ1n) is 7.43. The number of methoxy groups -OCH3 is 1. The van der Waals surface area contributed by atoms with Crippen molar-refractivity contribution in [3.8, 4) is 0 Å². The van der Waals surface area contributed by atoms with Crippen LogP contribution >= 0.6 is 11.6 Å². The Labute approximate surface area is 132 Å². The van der Waals surface area contributed by atoms with Gasteiger partial charge in [-0.1, -0.05) is 36.7 Å². The standard InChI is InChI=1S/C16H26ClNO3/c1-3-18-13-16(14-7-4-5-8-15(14)17)21-12-11-20-10-6-9-19-2/h4-5,7-8,16,18H,3,6,9-13H2,1-2H3. The van der Waals surface area contributed by atoms with Gasteiger partial charge in [0, 0.05) is 37.5 Å². The van der Waals surface area contributed by atoms with E-state index in [1.54, 1.807) is 7.11 Å². The molecule has 1 aromatic rings. The zero-order chi connectivity index (χ0) is 15.3. The molecule has 0 saturated carbocycles. The molecule has 0 bridgehead atoms. The van der Waals surface area contributed by atoms with Gasteiger partial charge in [-0.15, -0.1) is 0 Å². The highest BCUT2D eigenvalue weighted by Gasteiger charge is 2.14. The lowest BCUT2D eigenvalue weighted by Crippen LogP contribution is -2.24. The van der Waals surface area contributed by atoms with Gasteiger partial charge in [0.25, 0.3) is 0 Å². The van der Waals surface area contributed by atoms with E-state index in [4.69, 9.17) is 25.8 Å². The monoisotopic (exact) mass is 315 g/mol. The largest absolute Gasteiger partial charge is 0.385 e. The van der Waals surface area contributed by atoms with E-state index in [0.29, 0.717) is 19.8 Å². The van der Waals surface area contributed by atoms with Gasteiger partial charge >= 0.3 is 0 Å². The Kier molecular flexibility index (Phi) is 10.5. The lowest BCUT2D eigenvalue weighted by Gasteiger charge is -2.20. The number of ether oxygens (including phenoxy) is 3. The van der Waals surface area contributed by atoms with Crippen LogP contribution in [0.5, 0.6) is 0 Å². The second-order valence-electron chi connectivity index (χ2n) is 4.65. The molecular weight excluding hydrogens is 290 g/mol. The third-order valence-electron chi connectivity index (χ3n) is 3.02. The van der Waals surface area contributed by atoms with Gasteiger partial charge < -0.3 is 19.5 Å². The van der Waals surface area contributed by atoms with Crippen LogP contribution < -0.4 is 5.32 Å². The molecule has 1 unspecified atom stereocenters. The van der Waals surface area contributed by atoms with E-state index in [-0.39, 0.29) is 6.10 Å². The Morgan fingerprint density at radius 1 is 1.14 bits per heavy atom. The van der Waals surface area contributed by atoms with Crippen LogP contribution in [0.15, 0.2) is 24.3 Å². The van der Waals surface area contributed by atoms with E-state index in [2.05, 4.69) is 12.2 Å². The summed E-state index contributed by atoms with van der Waals surface area (Å²) in [4.78, 5) is 0. The molecule has 0 saturated heterocycles. The molecule has 0 spiro atoms. The quantitative estimate of drug-likeness (QED) is 0.602. The molecule has 0 heterocycles. The van der Waals surface area contributed by atoms with Crippen molar-refractivity contribution in [3.63, 3.8) is 0 Å².